The fourth-order valence-electron chi connectivity index (χ4n) is 3.18. The molecule has 2 amide bonds. The van der Waals surface area contributed by atoms with Gasteiger partial charge >= 0.3 is 6.18 Å². The molecule has 0 fully saturated rings. The van der Waals surface area contributed by atoms with Crippen molar-refractivity contribution in [2.45, 2.75) is 39.5 Å². The Bertz CT molecular complexity index is 1180. The molecule has 3 aromatic rings. The molecule has 12 heteroatoms. The van der Waals surface area contributed by atoms with Gasteiger partial charge in [-0.05, 0) is 43.2 Å². The van der Waals surface area contributed by atoms with Crippen molar-refractivity contribution in [2.24, 2.45) is 5.92 Å². The maximum atomic E-state index is 13.1. The standard InChI is InChI=1S/C22H23ClF3N5O3/c1-4-34-15-7-5-13(6-8-15)20(32)28-18(12(2)3)21(33)27-10-17-29-30-19-16(23)9-14(11-31(17)19)22(24,25)26/h5-9,11-12,18H,4,10H2,1-3H3,(H,27,33)(H,28,32)/t18-/m0/s1. The minimum Gasteiger partial charge on any atom is -0.494 e. The Morgan fingerprint density at radius 3 is 2.44 bits per heavy atom. The minimum absolute atomic E-state index is 0.0307. The number of nitrogens with one attached hydrogen (secondary N) is 2. The highest BCUT2D eigenvalue weighted by Gasteiger charge is 2.32. The van der Waals surface area contributed by atoms with Crippen molar-refractivity contribution in [3.05, 3.63) is 58.5 Å². The number of pyridine rings is 1. The van der Waals surface area contributed by atoms with E-state index in [0.717, 1.165) is 16.7 Å². The molecule has 182 valence electrons. The van der Waals surface area contributed by atoms with Gasteiger partial charge in [0.05, 0.1) is 23.7 Å². The van der Waals surface area contributed by atoms with E-state index in [0.29, 0.717) is 17.9 Å². The zero-order chi connectivity index (χ0) is 25.0. The molecule has 2 N–H and O–H groups in total. The summed E-state index contributed by atoms with van der Waals surface area (Å²) >= 11 is 5.91. The number of carbonyl (C=O) groups is 2. The number of alkyl halides is 3. The number of halogens is 4. The van der Waals surface area contributed by atoms with E-state index in [1.54, 1.807) is 38.1 Å². The van der Waals surface area contributed by atoms with Gasteiger partial charge in [0.15, 0.2) is 11.5 Å². The number of ether oxygens (including phenoxy) is 1. The Hall–Kier alpha value is -3.34. The first-order chi connectivity index (χ1) is 16.0. The van der Waals surface area contributed by atoms with E-state index in [-0.39, 0.29) is 29.0 Å². The highest BCUT2D eigenvalue weighted by atomic mass is 35.5. The van der Waals surface area contributed by atoms with Gasteiger partial charge in [-0.1, -0.05) is 25.4 Å². The molecule has 0 aliphatic rings. The fraction of sp³-hybridized carbons (Fsp3) is 0.364. The van der Waals surface area contributed by atoms with Crippen LogP contribution in [-0.4, -0.2) is 39.1 Å². The van der Waals surface area contributed by atoms with Gasteiger partial charge in [-0.25, -0.2) is 0 Å². The molecule has 2 heterocycles. The highest BCUT2D eigenvalue weighted by molar-refractivity contribution is 6.33. The summed E-state index contributed by atoms with van der Waals surface area (Å²) < 4.78 is 45.8. The van der Waals surface area contributed by atoms with Gasteiger partial charge in [0.1, 0.15) is 11.8 Å². The zero-order valence-electron chi connectivity index (χ0n) is 18.6. The summed E-state index contributed by atoms with van der Waals surface area (Å²) in [6.07, 6.45) is -3.80. The van der Waals surface area contributed by atoms with Gasteiger partial charge < -0.3 is 15.4 Å². The fourth-order valence-corrected chi connectivity index (χ4v) is 3.43. The number of hydrogen-bond donors (Lipinski definition) is 2. The van der Waals surface area contributed by atoms with E-state index < -0.39 is 29.6 Å². The maximum absolute atomic E-state index is 13.1. The second kappa shape index (κ2) is 10.3. The number of benzene rings is 1. The normalized spacial score (nSPS) is 12.6. The zero-order valence-corrected chi connectivity index (χ0v) is 19.4. The first-order valence-corrected chi connectivity index (χ1v) is 10.8. The summed E-state index contributed by atoms with van der Waals surface area (Å²) in [4.78, 5) is 25.4. The van der Waals surface area contributed by atoms with Crippen molar-refractivity contribution in [1.29, 1.82) is 0 Å². The number of amides is 2. The van der Waals surface area contributed by atoms with E-state index in [2.05, 4.69) is 20.8 Å². The molecule has 0 radical (unpaired) electrons. The Balaban J connectivity index is 1.72. The number of carbonyl (C=O) groups excluding carboxylic acids is 2. The van der Waals surface area contributed by atoms with Crippen molar-refractivity contribution in [2.75, 3.05) is 6.61 Å². The van der Waals surface area contributed by atoms with Crippen LogP contribution in [0.5, 0.6) is 5.75 Å². The number of fused-ring (bicyclic) bond motifs is 1. The van der Waals surface area contributed by atoms with Crippen LogP contribution in [0.4, 0.5) is 13.2 Å². The largest absolute Gasteiger partial charge is 0.494 e. The molecule has 0 spiro atoms. The molecule has 0 saturated carbocycles. The third-order valence-electron chi connectivity index (χ3n) is 4.94. The Labute approximate surface area is 198 Å². The molecule has 3 rings (SSSR count). The van der Waals surface area contributed by atoms with E-state index in [4.69, 9.17) is 16.3 Å². The van der Waals surface area contributed by atoms with Gasteiger partial charge in [-0.3, -0.25) is 14.0 Å². The molecule has 34 heavy (non-hydrogen) atoms. The number of aromatic nitrogens is 3. The summed E-state index contributed by atoms with van der Waals surface area (Å²) in [5.74, 6) is -0.577. The van der Waals surface area contributed by atoms with Gasteiger partial charge in [-0.15, -0.1) is 10.2 Å². The molecule has 1 atom stereocenters. The minimum atomic E-state index is -4.61. The summed E-state index contributed by atoms with van der Waals surface area (Å²) in [5, 5.41) is 12.7. The maximum Gasteiger partial charge on any atom is 0.417 e. The smallest absolute Gasteiger partial charge is 0.417 e. The lowest BCUT2D eigenvalue weighted by Gasteiger charge is -2.21. The van der Waals surface area contributed by atoms with Crippen molar-refractivity contribution >= 4 is 29.1 Å². The summed E-state index contributed by atoms with van der Waals surface area (Å²) in [7, 11) is 0. The average molecular weight is 498 g/mol. The topological polar surface area (TPSA) is 97.6 Å². The van der Waals surface area contributed by atoms with Crippen LogP contribution >= 0.6 is 11.6 Å². The van der Waals surface area contributed by atoms with Gasteiger partial charge in [-0.2, -0.15) is 13.2 Å². The molecule has 0 aliphatic carbocycles. The predicted molar refractivity (Wildman–Crippen MR) is 119 cm³/mol. The molecule has 2 aromatic heterocycles. The lowest BCUT2D eigenvalue weighted by molar-refractivity contribution is -0.137. The quantitative estimate of drug-likeness (QED) is 0.492. The van der Waals surface area contributed by atoms with E-state index in [9.17, 15) is 22.8 Å². The molecule has 0 bridgehead atoms. The van der Waals surface area contributed by atoms with Crippen molar-refractivity contribution in [3.63, 3.8) is 0 Å². The van der Waals surface area contributed by atoms with Crippen LogP contribution in [0.3, 0.4) is 0 Å². The molecule has 1 aromatic carbocycles. The molecule has 8 nitrogen and oxygen atoms in total. The van der Waals surface area contributed by atoms with Crippen LogP contribution < -0.4 is 15.4 Å². The van der Waals surface area contributed by atoms with Crippen LogP contribution in [-0.2, 0) is 17.5 Å². The Morgan fingerprint density at radius 1 is 1.18 bits per heavy atom. The Kier molecular flexibility index (Phi) is 7.65. The third-order valence-corrected chi connectivity index (χ3v) is 5.22. The van der Waals surface area contributed by atoms with E-state index in [1.807, 2.05) is 6.92 Å². The molecule has 0 aliphatic heterocycles. The predicted octanol–water partition coefficient (Wildman–Crippen LogP) is 3.87. The monoisotopic (exact) mass is 497 g/mol. The lowest BCUT2D eigenvalue weighted by atomic mass is 10.0. The molecule has 0 saturated heterocycles. The highest BCUT2D eigenvalue weighted by Crippen LogP contribution is 2.32. The second-order valence-corrected chi connectivity index (χ2v) is 8.16. The summed E-state index contributed by atoms with van der Waals surface area (Å²) in [6.45, 7) is 5.62. The van der Waals surface area contributed by atoms with Crippen LogP contribution in [0.25, 0.3) is 5.65 Å². The van der Waals surface area contributed by atoms with Crippen molar-refractivity contribution < 1.29 is 27.5 Å². The third kappa shape index (κ3) is 5.77. The Morgan fingerprint density at radius 2 is 1.85 bits per heavy atom. The number of hydrogen-bond acceptors (Lipinski definition) is 5. The lowest BCUT2D eigenvalue weighted by Crippen LogP contribution is -2.49. The van der Waals surface area contributed by atoms with E-state index in [1.165, 1.54) is 0 Å². The van der Waals surface area contributed by atoms with Crippen molar-refractivity contribution in [1.82, 2.24) is 25.2 Å². The van der Waals surface area contributed by atoms with Crippen molar-refractivity contribution in [3.8, 4) is 5.75 Å². The van der Waals surface area contributed by atoms with Crippen LogP contribution in [0.1, 0.15) is 42.5 Å². The van der Waals surface area contributed by atoms with Crippen LogP contribution in [0, 0.1) is 5.92 Å². The van der Waals surface area contributed by atoms with Gasteiger partial charge in [0, 0.05) is 11.8 Å². The summed E-state index contributed by atoms with van der Waals surface area (Å²) in [6, 6.07) is 6.34. The molecular weight excluding hydrogens is 475 g/mol. The van der Waals surface area contributed by atoms with Crippen LogP contribution in [0.2, 0.25) is 5.02 Å². The van der Waals surface area contributed by atoms with Gasteiger partial charge in [0.25, 0.3) is 5.91 Å². The first kappa shape index (κ1) is 25.3. The average Bonchev–Trinajstić information content (AvgIpc) is 3.19. The second-order valence-electron chi connectivity index (χ2n) is 7.75. The number of nitrogens with zero attached hydrogens (tertiary/aromatic N) is 3. The first-order valence-electron chi connectivity index (χ1n) is 10.4. The SMILES string of the molecule is CCOc1ccc(C(=O)N[C@H](C(=O)NCc2nnc3c(Cl)cc(C(F)(F)F)cn23)C(C)C)cc1. The van der Waals surface area contributed by atoms with E-state index >= 15 is 0 Å². The number of rotatable bonds is 8. The molecule has 0 unspecified atom stereocenters. The van der Waals surface area contributed by atoms with Gasteiger partial charge in [0.2, 0.25) is 5.91 Å². The summed E-state index contributed by atoms with van der Waals surface area (Å²) in [5.41, 5.74) is -0.595. The van der Waals surface area contributed by atoms with Crippen LogP contribution in [0.15, 0.2) is 36.5 Å². The molecular formula is C22H23ClF3N5O3.